The maximum atomic E-state index is 8.85. The van der Waals surface area contributed by atoms with E-state index in [0.717, 1.165) is 17.4 Å². The highest BCUT2D eigenvalue weighted by Crippen LogP contribution is 2.41. The molecule has 4 nitrogen and oxygen atoms in total. The number of nitriles is 1. The number of nitrogens with zero attached hydrogens (tertiary/aromatic N) is 3. The monoisotopic (exact) mass is 305 g/mol. The van der Waals surface area contributed by atoms with Crippen molar-refractivity contribution in [1.29, 1.82) is 5.26 Å². The lowest BCUT2D eigenvalue weighted by molar-refractivity contribution is 0.0488. The quantitative estimate of drug-likeness (QED) is 0.863. The highest BCUT2D eigenvalue weighted by atomic mass is 16.5. The summed E-state index contributed by atoms with van der Waals surface area (Å²) in [4.78, 5) is 6.94. The van der Waals surface area contributed by atoms with Crippen LogP contribution in [-0.4, -0.2) is 23.0 Å². The summed E-state index contributed by atoms with van der Waals surface area (Å²) in [6.07, 6.45) is 7.63. The van der Waals surface area contributed by atoms with Crippen LogP contribution >= 0.6 is 0 Å². The van der Waals surface area contributed by atoms with Crippen LogP contribution in [0.2, 0.25) is 0 Å². The molecule has 2 bridgehead atoms. The molecule has 0 spiro atoms. The topological polar surface area (TPSA) is 49.1 Å². The molecule has 0 amide bonds. The van der Waals surface area contributed by atoms with Gasteiger partial charge < -0.3 is 4.74 Å². The molecule has 3 fully saturated rings. The number of fused-ring (bicyclic) bond motifs is 3. The first-order chi connectivity index (χ1) is 11.3. The minimum atomic E-state index is 0.486. The molecule has 23 heavy (non-hydrogen) atoms. The molecule has 1 atom stereocenters. The van der Waals surface area contributed by atoms with Crippen LogP contribution in [-0.2, 0) is 0 Å². The fourth-order valence-electron chi connectivity index (χ4n) is 3.72. The van der Waals surface area contributed by atoms with Gasteiger partial charge in [0.15, 0.2) is 0 Å². The van der Waals surface area contributed by atoms with Gasteiger partial charge in [0.2, 0.25) is 0 Å². The zero-order valence-electron chi connectivity index (χ0n) is 13.0. The van der Waals surface area contributed by atoms with E-state index in [9.17, 15) is 0 Å². The normalized spacial score (nSPS) is 25.8. The molecule has 0 saturated carbocycles. The van der Waals surface area contributed by atoms with Gasteiger partial charge in [-0.3, -0.25) is 9.88 Å². The Kier molecular flexibility index (Phi) is 3.72. The first kappa shape index (κ1) is 14.2. The Balaban J connectivity index is 1.53. The highest BCUT2D eigenvalue weighted by molar-refractivity contribution is 5.37. The summed E-state index contributed by atoms with van der Waals surface area (Å²) in [6, 6.07) is 11.9. The van der Waals surface area contributed by atoms with Crippen LogP contribution < -0.4 is 4.74 Å². The summed E-state index contributed by atoms with van der Waals surface area (Å²) in [7, 11) is 0. The van der Waals surface area contributed by atoms with Crippen LogP contribution in [0.4, 0.5) is 0 Å². The first-order valence-corrected chi connectivity index (χ1v) is 8.19. The molecule has 0 radical (unpaired) electrons. The van der Waals surface area contributed by atoms with Crippen molar-refractivity contribution in [1.82, 2.24) is 9.88 Å². The zero-order valence-corrected chi connectivity index (χ0v) is 13.0. The Morgan fingerprint density at radius 1 is 1.09 bits per heavy atom. The van der Waals surface area contributed by atoms with Gasteiger partial charge in [-0.1, -0.05) is 0 Å². The lowest BCUT2D eigenvalue weighted by Crippen LogP contribution is -2.43. The summed E-state index contributed by atoms with van der Waals surface area (Å²) >= 11 is 0. The Labute approximate surface area is 136 Å². The van der Waals surface area contributed by atoms with Gasteiger partial charge in [0.05, 0.1) is 17.8 Å². The van der Waals surface area contributed by atoms with Gasteiger partial charge in [-0.2, -0.15) is 5.26 Å². The van der Waals surface area contributed by atoms with E-state index in [4.69, 9.17) is 10.00 Å². The molecule has 2 aromatic rings. The van der Waals surface area contributed by atoms with E-state index in [2.05, 4.69) is 22.0 Å². The SMILES string of the molecule is N#Cc1ccc(Oc2cncc(C3CC4CCN3CC4)c2)cc1. The van der Waals surface area contributed by atoms with Crippen LogP contribution in [0, 0.1) is 17.2 Å². The van der Waals surface area contributed by atoms with E-state index >= 15 is 0 Å². The van der Waals surface area contributed by atoms with Gasteiger partial charge in [-0.05, 0) is 74.2 Å². The van der Waals surface area contributed by atoms with Crippen molar-refractivity contribution >= 4 is 0 Å². The minimum absolute atomic E-state index is 0.486. The summed E-state index contributed by atoms with van der Waals surface area (Å²) < 4.78 is 5.90. The summed E-state index contributed by atoms with van der Waals surface area (Å²) in [5.74, 6) is 2.36. The van der Waals surface area contributed by atoms with E-state index < -0.39 is 0 Å². The van der Waals surface area contributed by atoms with Crippen LogP contribution in [0.25, 0.3) is 0 Å². The van der Waals surface area contributed by atoms with Crippen molar-refractivity contribution < 1.29 is 4.74 Å². The third-order valence-corrected chi connectivity index (χ3v) is 4.98. The van der Waals surface area contributed by atoms with Crippen LogP contribution in [0.5, 0.6) is 11.5 Å². The maximum Gasteiger partial charge on any atom is 0.146 e. The van der Waals surface area contributed by atoms with Crippen molar-refractivity contribution in [2.75, 3.05) is 13.1 Å². The number of hydrogen-bond acceptors (Lipinski definition) is 4. The molecule has 4 heterocycles. The second-order valence-electron chi connectivity index (χ2n) is 6.42. The number of piperidine rings is 3. The third kappa shape index (κ3) is 2.93. The largest absolute Gasteiger partial charge is 0.456 e. The van der Waals surface area contributed by atoms with Crippen LogP contribution in [0.15, 0.2) is 42.7 Å². The summed E-state index contributed by atoms with van der Waals surface area (Å²) in [5.41, 5.74) is 1.89. The number of benzene rings is 1. The predicted octanol–water partition coefficient (Wildman–Crippen LogP) is 3.90. The van der Waals surface area contributed by atoms with Gasteiger partial charge >= 0.3 is 0 Å². The Hall–Kier alpha value is -2.38. The number of rotatable bonds is 3. The van der Waals surface area contributed by atoms with Crippen molar-refractivity contribution in [2.45, 2.75) is 25.3 Å². The fraction of sp³-hybridized carbons (Fsp3) is 0.368. The lowest BCUT2D eigenvalue weighted by atomic mass is 9.81. The van der Waals surface area contributed by atoms with E-state index in [1.807, 2.05) is 18.3 Å². The van der Waals surface area contributed by atoms with Gasteiger partial charge in [0, 0.05) is 12.2 Å². The van der Waals surface area contributed by atoms with Crippen molar-refractivity contribution in [3.63, 3.8) is 0 Å². The molecule has 0 N–H and O–H groups in total. The number of pyridine rings is 1. The van der Waals surface area contributed by atoms with Crippen molar-refractivity contribution in [2.24, 2.45) is 5.92 Å². The van der Waals surface area contributed by atoms with E-state index in [1.54, 1.807) is 18.3 Å². The molecule has 1 aromatic heterocycles. The molecular formula is C19H19N3O. The maximum absolute atomic E-state index is 8.85. The van der Waals surface area contributed by atoms with Gasteiger partial charge in [-0.15, -0.1) is 0 Å². The lowest BCUT2D eigenvalue weighted by Gasteiger charge is -2.45. The van der Waals surface area contributed by atoms with E-state index in [1.165, 1.54) is 37.9 Å². The van der Waals surface area contributed by atoms with Gasteiger partial charge in [0.25, 0.3) is 0 Å². The number of hydrogen-bond donors (Lipinski definition) is 0. The first-order valence-electron chi connectivity index (χ1n) is 8.19. The Morgan fingerprint density at radius 2 is 1.87 bits per heavy atom. The number of aromatic nitrogens is 1. The molecule has 1 aromatic carbocycles. The van der Waals surface area contributed by atoms with Crippen LogP contribution in [0.3, 0.4) is 0 Å². The molecule has 116 valence electrons. The minimum Gasteiger partial charge on any atom is -0.456 e. The Bertz CT molecular complexity index is 727. The molecule has 1 unspecified atom stereocenters. The molecule has 3 aliphatic rings. The Morgan fingerprint density at radius 3 is 2.52 bits per heavy atom. The number of ether oxygens (including phenoxy) is 1. The molecule has 5 rings (SSSR count). The van der Waals surface area contributed by atoms with Crippen LogP contribution in [0.1, 0.15) is 36.4 Å². The fourth-order valence-corrected chi connectivity index (χ4v) is 3.72. The summed E-state index contributed by atoms with van der Waals surface area (Å²) in [5, 5.41) is 8.85. The molecule has 4 heteroatoms. The van der Waals surface area contributed by atoms with E-state index in [0.29, 0.717) is 11.6 Å². The van der Waals surface area contributed by atoms with Crippen molar-refractivity contribution in [3.8, 4) is 17.6 Å². The molecular weight excluding hydrogens is 286 g/mol. The van der Waals surface area contributed by atoms with Gasteiger partial charge in [-0.25, -0.2) is 0 Å². The van der Waals surface area contributed by atoms with E-state index in [-0.39, 0.29) is 0 Å². The van der Waals surface area contributed by atoms with Crippen molar-refractivity contribution in [3.05, 3.63) is 53.9 Å². The third-order valence-electron chi connectivity index (χ3n) is 4.98. The average Bonchev–Trinajstić information content (AvgIpc) is 2.63. The predicted molar refractivity (Wildman–Crippen MR) is 87.1 cm³/mol. The summed E-state index contributed by atoms with van der Waals surface area (Å²) in [6.45, 7) is 2.41. The molecule has 0 aliphatic carbocycles. The second-order valence-corrected chi connectivity index (χ2v) is 6.42. The van der Waals surface area contributed by atoms with Gasteiger partial charge in [0.1, 0.15) is 11.5 Å². The highest BCUT2D eigenvalue weighted by Gasteiger charge is 2.34. The zero-order chi connectivity index (χ0) is 15.6. The molecule has 3 saturated heterocycles. The average molecular weight is 305 g/mol. The molecule has 3 aliphatic heterocycles. The standard InChI is InChI=1S/C19H19N3O/c20-11-15-1-3-17(4-2-15)23-18-10-16(12-21-13-18)19-9-14-5-7-22(19)8-6-14/h1-4,10,12-14,19H,5-9H2. The second kappa shape index (κ2) is 6.02. The smallest absolute Gasteiger partial charge is 0.146 e.